The summed E-state index contributed by atoms with van der Waals surface area (Å²) in [4.78, 5) is 11.7. The largest absolute Gasteiger partial charge is 0.494 e. The number of halogens is 1. The highest BCUT2D eigenvalue weighted by atomic mass is 32.1. The van der Waals surface area contributed by atoms with Crippen LogP contribution in [-0.2, 0) is 0 Å². The van der Waals surface area contributed by atoms with Gasteiger partial charge in [0.1, 0.15) is 0 Å². The summed E-state index contributed by atoms with van der Waals surface area (Å²) in [5.41, 5.74) is 0. The third-order valence-corrected chi connectivity index (χ3v) is 5.41. The van der Waals surface area contributed by atoms with Gasteiger partial charge in [-0.05, 0) is 37.3 Å². The summed E-state index contributed by atoms with van der Waals surface area (Å²) in [6.07, 6.45) is 4.09. The van der Waals surface area contributed by atoms with Crippen LogP contribution in [0.2, 0.25) is 0 Å². The number of hydrogen-bond donors (Lipinski definition) is 1. The minimum absolute atomic E-state index is 0.00528. The summed E-state index contributed by atoms with van der Waals surface area (Å²) in [7, 11) is 1.39. The first-order chi connectivity index (χ1) is 11.0. The quantitative estimate of drug-likeness (QED) is 0.877. The molecule has 1 saturated carbocycles. The van der Waals surface area contributed by atoms with Gasteiger partial charge < -0.3 is 14.6 Å². The van der Waals surface area contributed by atoms with E-state index < -0.39 is 11.8 Å². The van der Waals surface area contributed by atoms with Gasteiger partial charge in [-0.15, -0.1) is 11.3 Å². The van der Waals surface area contributed by atoms with Crippen molar-refractivity contribution in [1.29, 1.82) is 0 Å². The molecule has 6 heteroatoms. The molecule has 0 amide bonds. The lowest BCUT2D eigenvalue weighted by molar-refractivity contribution is 0.0690. The summed E-state index contributed by atoms with van der Waals surface area (Å²) in [6.45, 7) is 2.18. The molecular weight excluding hydrogens is 319 g/mol. The Morgan fingerprint density at radius 2 is 2.17 bits per heavy atom. The maximum Gasteiger partial charge on any atom is 0.349 e. The van der Waals surface area contributed by atoms with Gasteiger partial charge in [0.2, 0.25) is 0 Å². The molecular formula is C17H19FO4S. The van der Waals surface area contributed by atoms with Gasteiger partial charge in [-0.3, -0.25) is 0 Å². The Morgan fingerprint density at radius 3 is 2.83 bits per heavy atom. The number of aromatic carboxylic acids is 1. The van der Waals surface area contributed by atoms with Crippen molar-refractivity contribution in [3.63, 3.8) is 0 Å². The molecule has 23 heavy (non-hydrogen) atoms. The van der Waals surface area contributed by atoms with Gasteiger partial charge in [0.25, 0.3) is 0 Å². The van der Waals surface area contributed by atoms with E-state index in [-0.39, 0.29) is 16.7 Å². The fourth-order valence-corrected chi connectivity index (χ4v) is 4.12. The molecule has 1 heterocycles. The van der Waals surface area contributed by atoms with Crippen LogP contribution in [0.5, 0.6) is 11.5 Å². The number of ether oxygens (including phenoxy) is 2. The van der Waals surface area contributed by atoms with Crippen LogP contribution in [0, 0.1) is 11.7 Å². The highest BCUT2D eigenvalue weighted by Crippen LogP contribution is 2.42. The second kappa shape index (κ2) is 6.35. The van der Waals surface area contributed by atoms with E-state index in [0.29, 0.717) is 21.8 Å². The number of carboxylic acids is 1. The monoisotopic (exact) mass is 338 g/mol. The van der Waals surface area contributed by atoms with E-state index >= 15 is 0 Å². The Bertz CT molecular complexity index is 740. The van der Waals surface area contributed by atoms with Crippen LogP contribution in [0.15, 0.2) is 12.1 Å². The van der Waals surface area contributed by atoms with E-state index in [1.807, 2.05) is 0 Å². The minimum Gasteiger partial charge on any atom is -0.494 e. The van der Waals surface area contributed by atoms with Crippen molar-refractivity contribution < 1.29 is 23.8 Å². The third-order valence-electron chi connectivity index (χ3n) is 4.28. The van der Waals surface area contributed by atoms with Crippen molar-refractivity contribution in [2.75, 3.05) is 7.11 Å². The number of fused-ring (bicyclic) bond motifs is 1. The average molecular weight is 338 g/mol. The molecule has 0 bridgehead atoms. The molecule has 0 unspecified atom stereocenters. The van der Waals surface area contributed by atoms with Gasteiger partial charge in [0, 0.05) is 10.1 Å². The van der Waals surface area contributed by atoms with E-state index in [0.717, 1.165) is 30.6 Å². The van der Waals surface area contributed by atoms with E-state index in [4.69, 9.17) is 9.47 Å². The SMILES string of the molecule is COc1cc2c(O[C@@H]3CCC[C@@H](C)C3)c(C(=O)O)sc2cc1F. The normalized spacial score (nSPS) is 21.3. The molecule has 3 rings (SSSR count). The Balaban J connectivity index is 2.05. The maximum atomic E-state index is 13.9. The average Bonchev–Trinajstić information content (AvgIpc) is 2.84. The van der Waals surface area contributed by atoms with Gasteiger partial charge in [-0.1, -0.05) is 13.3 Å². The molecule has 4 nitrogen and oxygen atoms in total. The predicted molar refractivity (Wildman–Crippen MR) is 87.3 cm³/mol. The molecule has 1 aromatic carbocycles. The van der Waals surface area contributed by atoms with Crippen molar-refractivity contribution in [1.82, 2.24) is 0 Å². The highest BCUT2D eigenvalue weighted by molar-refractivity contribution is 7.21. The standard InChI is InChI=1S/C17H19FO4S/c1-9-4-3-5-10(6-9)22-15-11-7-13(21-2)12(18)8-14(11)23-16(15)17(19)20/h7-10H,3-6H2,1-2H3,(H,19,20)/t9-,10-/m1/s1. The number of benzene rings is 1. The molecule has 124 valence electrons. The predicted octanol–water partition coefficient (Wildman–Crippen LogP) is 4.70. The third kappa shape index (κ3) is 3.13. The molecule has 1 aliphatic carbocycles. The number of carbonyl (C=O) groups is 1. The second-order valence-electron chi connectivity index (χ2n) is 6.06. The number of hydrogen-bond acceptors (Lipinski definition) is 4. The lowest BCUT2D eigenvalue weighted by atomic mass is 9.88. The summed E-state index contributed by atoms with van der Waals surface area (Å²) < 4.78 is 25.5. The number of thiophene rings is 1. The fraction of sp³-hybridized carbons (Fsp3) is 0.471. The lowest BCUT2D eigenvalue weighted by Gasteiger charge is -2.27. The lowest BCUT2D eigenvalue weighted by Crippen LogP contribution is -2.24. The zero-order chi connectivity index (χ0) is 16.6. The molecule has 0 spiro atoms. The second-order valence-corrected chi connectivity index (χ2v) is 7.11. The Hall–Kier alpha value is -1.82. The number of methoxy groups -OCH3 is 1. The number of carboxylic acid groups (broad SMARTS) is 1. The van der Waals surface area contributed by atoms with Crippen LogP contribution in [0.4, 0.5) is 4.39 Å². The van der Waals surface area contributed by atoms with Crippen molar-refractivity contribution in [3.05, 3.63) is 22.8 Å². The van der Waals surface area contributed by atoms with Crippen molar-refractivity contribution in [2.45, 2.75) is 38.7 Å². The first-order valence-corrected chi connectivity index (χ1v) is 8.51. The topological polar surface area (TPSA) is 55.8 Å². The maximum absolute atomic E-state index is 13.9. The summed E-state index contributed by atoms with van der Waals surface area (Å²) >= 11 is 1.03. The zero-order valence-corrected chi connectivity index (χ0v) is 13.9. The highest BCUT2D eigenvalue weighted by Gasteiger charge is 2.26. The van der Waals surface area contributed by atoms with Crippen molar-refractivity contribution in [3.8, 4) is 11.5 Å². The molecule has 1 N–H and O–H groups in total. The summed E-state index contributed by atoms with van der Waals surface area (Å²) in [5, 5.41) is 10.1. The van der Waals surface area contributed by atoms with Gasteiger partial charge in [-0.25, -0.2) is 9.18 Å². The smallest absolute Gasteiger partial charge is 0.349 e. The van der Waals surface area contributed by atoms with Crippen LogP contribution in [0.1, 0.15) is 42.3 Å². The van der Waals surface area contributed by atoms with Gasteiger partial charge in [0.05, 0.1) is 13.2 Å². The Kier molecular flexibility index (Phi) is 4.43. The van der Waals surface area contributed by atoms with E-state index in [1.165, 1.54) is 25.7 Å². The van der Waals surface area contributed by atoms with Crippen LogP contribution in [0.25, 0.3) is 10.1 Å². The molecule has 2 atom stereocenters. The van der Waals surface area contributed by atoms with Gasteiger partial charge in [-0.2, -0.15) is 0 Å². The molecule has 0 saturated heterocycles. The molecule has 0 aliphatic heterocycles. The summed E-state index contributed by atoms with van der Waals surface area (Å²) in [5.74, 6) is -0.552. The van der Waals surface area contributed by atoms with E-state index in [1.54, 1.807) is 0 Å². The first kappa shape index (κ1) is 16.1. The van der Waals surface area contributed by atoms with Crippen molar-refractivity contribution in [2.24, 2.45) is 5.92 Å². The first-order valence-electron chi connectivity index (χ1n) is 7.69. The van der Waals surface area contributed by atoms with E-state index in [2.05, 4.69) is 6.92 Å². The Labute approximate surface area is 137 Å². The molecule has 2 aromatic rings. The molecule has 1 fully saturated rings. The van der Waals surface area contributed by atoms with Crippen LogP contribution in [0.3, 0.4) is 0 Å². The van der Waals surface area contributed by atoms with Crippen LogP contribution >= 0.6 is 11.3 Å². The molecule has 1 aromatic heterocycles. The molecule has 1 aliphatic rings. The van der Waals surface area contributed by atoms with Gasteiger partial charge >= 0.3 is 5.97 Å². The van der Waals surface area contributed by atoms with Crippen LogP contribution < -0.4 is 9.47 Å². The fourth-order valence-electron chi connectivity index (χ4n) is 3.14. The molecule has 0 radical (unpaired) electrons. The summed E-state index contributed by atoms with van der Waals surface area (Å²) in [6, 6.07) is 2.83. The van der Waals surface area contributed by atoms with Crippen molar-refractivity contribution >= 4 is 27.4 Å². The number of rotatable bonds is 4. The van der Waals surface area contributed by atoms with E-state index in [9.17, 15) is 14.3 Å². The zero-order valence-electron chi connectivity index (χ0n) is 13.1. The minimum atomic E-state index is -1.05. The van der Waals surface area contributed by atoms with Crippen LogP contribution in [-0.4, -0.2) is 24.3 Å². The Morgan fingerprint density at radius 1 is 1.39 bits per heavy atom. The van der Waals surface area contributed by atoms with Gasteiger partial charge in [0.15, 0.2) is 22.2 Å².